The van der Waals surface area contributed by atoms with Crippen molar-refractivity contribution in [3.8, 4) is 11.5 Å². The molecule has 31 heavy (non-hydrogen) atoms. The van der Waals surface area contributed by atoms with Gasteiger partial charge < -0.3 is 19.5 Å². The molecule has 12 heteroatoms. The predicted molar refractivity (Wildman–Crippen MR) is 103 cm³/mol. The topological polar surface area (TPSA) is 85.9 Å². The quantitative estimate of drug-likeness (QED) is 0.358. The first kappa shape index (κ1) is 24.1. The summed E-state index contributed by atoms with van der Waals surface area (Å²) in [4.78, 5) is 24.8. The Bertz CT molecular complexity index is 940. The van der Waals surface area contributed by atoms with E-state index in [9.17, 15) is 27.2 Å². The highest BCUT2D eigenvalue weighted by molar-refractivity contribution is 6.31. The number of hydrogen-bond acceptors (Lipinski definition) is 5. The highest BCUT2D eigenvalue weighted by atomic mass is 35.5. The minimum absolute atomic E-state index is 0.0748. The summed E-state index contributed by atoms with van der Waals surface area (Å²) in [6, 6.07) is 5.89. The number of esters is 1. The molecule has 2 aromatic carbocycles. The summed E-state index contributed by atoms with van der Waals surface area (Å²) >= 11 is 5.84. The molecule has 0 radical (unpaired) electrons. The first-order chi connectivity index (χ1) is 14.5. The fourth-order valence-corrected chi connectivity index (χ4v) is 2.54. The molecular formula is C19H17ClF4N2O5. The Labute approximate surface area is 179 Å². The molecule has 0 fully saturated rings. The van der Waals surface area contributed by atoms with Crippen molar-refractivity contribution in [3.05, 3.63) is 53.3 Å². The molecule has 0 saturated heterocycles. The van der Waals surface area contributed by atoms with E-state index in [4.69, 9.17) is 21.1 Å². The number of rotatable bonds is 7. The Morgan fingerprint density at radius 3 is 2.29 bits per heavy atom. The number of benzene rings is 2. The number of carbonyl (C=O) groups is 2. The first-order valence-corrected chi connectivity index (χ1v) is 9.01. The summed E-state index contributed by atoms with van der Waals surface area (Å²) < 4.78 is 69.6. The predicted octanol–water partition coefficient (Wildman–Crippen LogP) is 4.51. The Kier molecular flexibility index (Phi) is 7.55. The second-order valence-corrected chi connectivity index (χ2v) is 6.32. The van der Waals surface area contributed by atoms with E-state index in [1.54, 1.807) is 0 Å². The van der Waals surface area contributed by atoms with Gasteiger partial charge in [-0.2, -0.15) is 13.2 Å². The van der Waals surface area contributed by atoms with Gasteiger partial charge in [0.1, 0.15) is 17.3 Å². The van der Waals surface area contributed by atoms with E-state index in [0.717, 1.165) is 24.3 Å². The van der Waals surface area contributed by atoms with E-state index in [0.29, 0.717) is 0 Å². The van der Waals surface area contributed by atoms with Crippen LogP contribution in [-0.2, 0) is 9.53 Å². The molecule has 2 amide bonds. The molecule has 2 rings (SSSR count). The van der Waals surface area contributed by atoms with Crippen molar-refractivity contribution in [2.75, 3.05) is 19.0 Å². The van der Waals surface area contributed by atoms with Crippen molar-refractivity contribution < 1.29 is 41.4 Å². The maximum Gasteiger partial charge on any atom is 0.460 e. The zero-order chi connectivity index (χ0) is 23.2. The normalized spacial score (nSPS) is 13.0. The average Bonchev–Trinajstić information content (AvgIpc) is 2.68. The summed E-state index contributed by atoms with van der Waals surface area (Å²) in [6.07, 6.45) is -5.47. The Morgan fingerprint density at radius 2 is 1.74 bits per heavy atom. The third-order valence-electron chi connectivity index (χ3n) is 3.75. The van der Waals surface area contributed by atoms with Gasteiger partial charge >= 0.3 is 23.9 Å². The molecule has 0 bridgehead atoms. The molecule has 0 heterocycles. The largest absolute Gasteiger partial charge is 0.495 e. The van der Waals surface area contributed by atoms with Crippen LogP contribution in [0.25, 0.3) is 0 Å². The lowest BCUT2D eigenvalue weighted by Crippen LogP contribution is -2.69. The van der Waals surface area contributed by atoms with Gasteiger partial charge in [0, 0.05) is 5.02 Å². The van der Waals surface area contributed by atoms with E-state index < -0.39 is 42.1 Å². The van der Waals surface area contributed by atoms with Gasteiger partial charge in [0.15, 0.2) is 0 Å². The molecule has 7 nitrogen and oxygen atoms in total. The van der Waals surface area contributed by atoms with Gasteiger partial charge in [0.2, 0.25) is 0 Å². The Hall–Kier alpha value is -3.21. The molecule has 1 atom stereocenters. The van der Waals surface area contributed by atoms with Crippen molar-refractivity contribution in [2.24, 2.45) is 0 Å². The van der Waals surface area contributed by atoms with Crippen LogP contribution in [0.1, 0.15) is 6.92 Å². The van der Waals surface area contributed by atoms with E-state index in [1.165, 1.54) is 37.5 Å². The summed E-state index contributed by atoms with van der Waals surface area (Å²) in [5.41, 5.74) is -4.01. The third-order valence-corrected chi connectivity index (χ3v) is 3.98. The number of halogens is 5. The maximum absolute atomic E-state index is 14.0. The fraction of sp³-hybridized carbons (Fsp3) is 0.263. The van der Waals surface area contributed by atoms with Crippen LogP contribution < -0.4 is 20.1 Å². The van der Waals surface area contributed by atoms with Crippen LogP contribution in [0.4, 0.5) is 28.0 Å². The summed E-state index contributed by atoms with van der Waals surface area (Å²) in [7, 11) is 1.27. The van der Waals surface area contributed by atoms with Gasteiger partial charge in [-0.3, -0.25) is 5.32 Å². The monoisotopic (exact) mass is 464 g/mol. The number of ether oxygens (including phenoxy) is 3. The van der Waals surface area contributed by atoms with Crippen LogP contribution in [0, 0.1) is 5.82 Å². The van der Waals surface area contributed by atoms with Gasteiger partial charge in [0.05, 0.1) is 19.4 Å². The SMILES string of the molecule is CCOC(=O)C(NC(=O)Nc1cc(Cl)ccc1OC)(Oc1ccc(F)cc1)C(F)(F)F. The number of nitrogens with one attached hydrogen (secondary N) is 2. The molecule has 0 spiro atoms. The second-order valence-electron chi connectivity index (χ2n) is 5.88. The number of carbonyl (C=O) groups excluding carboxylic acids is 2. The standard InChI is InChI=1S/C19H17ClF4N2O5/c1-3-30-16(27)18(19(22,23)24,31-13-7-5-12(21)6-8-13)26-17(28)25-14-10-11(20)4-9-15(14)29-2/h4-10H,3H2,1-2H3,(H2,25,26,28). The van der Waals surface area contributed by atoms with E-state index in [1.807, 2.05) is 0 Å². The summed E-state index contributed by atoms with van der Waals surface area (Å²) in [5.74, 6) is -3.14. The van der Waals surface area contributed by atoms with Crippen LogP contribution in [0.5, 0.6) is 11.5 Å². The van der Waals surface area contributed by atoms with Gasteiger partial charge in [0.25, 0.3) is 0 Å². The molecule has 0 saturated carbocycles. The molecular weight excluding hydrogens is 448 g/mol. The number of hydrogen-bond donors (Lipinski definition) is 2. The molecule has 0 aliphatic rings. The van der Waals surface area contributed by atoms with Gasteiger partial charge in [-0.25, -0.2) is 14.0 Å². The molecule has 168 valence electrons. The molecule has 0 aliphatic carbocycles. The number of amides is 2. The minimum atomic E-state index is -5.47. The second kappa shape index (κ2) is 9.73. The molecule has 2 aromatic rings. The lowest BCUT2D eigenvalue weighted by atomic mass is 10.2. The van der Waals surface area contributed by atoms with Gasteiger partial charge in [-0.15, -0.1) is 0 Å². The van der Waals surface area contributed by atoms with Gasteiger partial charge in [-0.1, -0.05) is 11.6 Å². The van der Waals surface area contributed by atoms with Crippen LogP contribution in [0.2, 0.25) is 5.02 Å². The molecule has 0 aromatic heterocycles. The van der Waals surface area contributed by atoms with Crippen LogP contribution in [0.15, 0.2) is 42.5 Å². The Morgan fingerprint density at radius 1 is 1.10 bits per heavy atom. The minimum Gasteiger partial charge on any atom is -0.495 e. The number of anilines is 1. The zero-order valence-electron chi connectivity index (χ0n) is 16.2. The van der Waals surface area contributed by atoms with Crippen LogP contribution >= 0.6 is 11.6 Å². The molecule has 1 unspecified atom stereocenters. The lowest BCUT2D eigenvalue weighted by molar-refractivity contribution is -0.259. The Balaban J connectivity index is 2.43. The van der Waals surface area contributed by atoms with Crippen LogP contribution in [0.3, 0.4) is 0 Å². The highest BCUT2D eigenvalue weighted by Crippen LogP contribution is 2.35. The van der Waals surface area contributed by atoms with E-state index >= 15 is 0 Å². The van der Waals surface area contributed by atoms with E-state index in [-0.39, 0.29) is 16.5 Å². The highest BCUT2D eigenvalue weighted by Gasteiger charge is 2.66. The van der Waals surface area contributed by atoms with Crippen molar-refractivity contribution in [1.82, 2.24) is 5.32 Å². The van der Waals surface area contributed by atoms with Crippen molar-refractivity contribution in [2.45, 2.75) is 18.8 Å². The zero-order valence-corrected chi connectivity index (χ0v) is 16.9. The van der Waals surface area contributed by atoms with Crippen molar-refractivity contribution in [3.63, 3.8) is 0 Å². The number of urea groups is 1. The maximum atomic E-state index is 14.0. The summed E-state index contributed by atoms with van der Waals surface area (Å²) in [5, 5.41) is 3.75. The van der Waals surface area contributed by atoms with Crippen molar-refractivity contribution >= 4 is 29.3 Å². The first-order valence-electron chi connectivity index (χ1n) is 8.63. The number of alkyl halides is 3. The third kappa shape index (κ3) is 5.69. The molecule has 2 N–H and O–H groups in total. The van der Waals surface area contributed by atoms with Crippen LogP contribution in [-0.4, -0.2) is 37.6 Å². The van der Waals surface area contributed by atoms with Crippen molar-refractivity contribution in [1.29, 1.82) is 0 Å². The average molecular weight is 465 g/mol. The van der Waals surface area contributed by atoms with Gasteiger partial charge in [-0.05, 0) is 49.4 Å². The fourth-order valence-electron chi connectivity index (χ4n) is 2.37. The number of methoxy groups -OCH3 is 1. The lowest BCUT2D eigenvalue weighted by Gasteiger charge is -2.34. The smallest absolute Gasteiger partial charge is 0.460 e. The van der Waals surface area contributed by atoms with E-state index in [2.05, 4.69) is 10.1 Å². The summed E-state index contributed by atoms with van der Waals surface area (Å²) in [6.45, 7) is 0.836. The molecule has 0 aliphatic heterocycles.